The van der Waals surface area contributed by atoms with Gasteiger partial charge in [-0.15, -0.1) is 0 Å². The first-order valence-electron chi connectivity index (χ1n) is 6.21. The highest BCUT2D eigenvalue weighted by Gasteiger charge is 2.01. The molecule has 1 N–H and O–H groups in total. The molecule has 3 nitrogen and oxygen atoms in total. The van der Waals surface area contributed by atoms with Crippen molar-refractivity contribution in [2.75, 3.05) is 45.9 Å². The molecule has 0 radical (unpaired) electrons. The maximum atomic E-state index is 5.57. The normalized spacial score (nSPS) is 11.6. The number of hydrogen-bond acceptors (Lipinski definition) is 3. The SMILES string of the molecule is CCNCCN(CC)CCOCC(C)C. The fourth-order valence-electron chi connectivity index (χ4n) is 1.35. The van der Waals surface area contributed by atoms with E-state index in [1.807, 2.05) is 0 Å². The lowest BCUT2D eigenvalue weighted by Crippen LogP contribution is -2.34. The fraction of sp³-hybridized carbons (Fsp3) is 1.00. The third-order valence-electron chi connectivity index (χ3n) is 2.31. The van der Waals surface area contributed by atoms with Gasteiger partial charge in [-0.1, -0.05) is 27.7 Å². The summed E-state index contributed by atoms with van der Waals surface area (Å²) in [6.07, 6.45) is 0. The second-order valence-corrected chi connectivity index (χ2v) is 4.26. The minimum absolute atomic E-state index is 0.641. The summed E-state index contributed by atoms with van der Waals surface area (Å²) in [7, 11) is 0. The minimum Gasteiger partial charge on any atom is -0.380 e. The van der Waals surface area contributed by atoms with Crippen molar-refractivity contribution in [2.45, 2.75) is 27.7 Å². The van der Waals surface area contributed by atoms with Crippen LogP contribution in [-0.2, 0) is 4.74 Å². The standard InChI is InChI=1S/C12H28N2O/c1-5-13-7-8-14(6-2)9-10-15-11-12(3)4/h12-13H,5-11H2,1-4H3. The molecule has 15 heavy (non-hydrogen) atoms. The van der Waals surface area contributed by atoms with Gasteiger partial charge in [-0.25, -0.2) is 0 Å². The third kappa shape index (κ3) is 10.2. The van der Waals surface area contributed by atoms with Crippen LogP contribution in [0.4, 0.5) is 0 Å². The van der Waals surface area contributed by atoms with E-state index in [9.17, 15) is 0 Å². The first-order chi connectivity index (χ1) is 7.20. The highest BCUT2D eigenvalue weighted by molar-refractivity contribution is 4.57. The van der Waals surface area contributed by atoms with Gasteiger partial charge in [-0.2, -0.15) is 0 Å². The van der Waals surface area contributed by atoms with E-state index in [0.29, 0.717) is 5.92 Å². The van der Waals surface area contributed by atoms with Crippen molar-refractivity contribution in [3.8, 4) is 0 Å². The van der Waals surface area contributed by atoms with Crippen molar-refractivity contribution in [1.29, 1.82) is 0 Å². The molecule has 0 aromatic rings. The third-order valence-corrected chi connectivity index (χ3v) is 2.31. The van der Waals surface area contributed by atoms with Gasteiger partial charge in [0.1, 0.15) is 0 Å². The Bertz CT molecular complexity index is 129. The molecule has 0 atom stereocenters. The van der Waals surface area contributed by atoms with Gasteiger partial charge in [0.2, 0.25) is 0 Å². The van der Waals surface area contributed by atoms with Crippen LogP contribution in [0.15, 0.2) is 0 Å². The molecule has 0 aliphatic carbocycles. The summed E-state index contributed by atoms with van der Waals surface area (Å²) in [6, 6.07) is 0. The molecule has 0 heterocycles. The Morgan fingerprint density at radius 2 is 1.93 bits per heavy atom. The van der Waals surface area contributed by atoms with Crippen molar-refractivity contribution in [2.24, 2.45) is 5.92 Å². The zero-order chi connectivity index (χ0) is 11.5. The summed E-state index contributed by atoms with van der Waals surface area (Å²) in [5.41, 5.74) is 0. The highest BCUT2D eigenvalue weighted by Crippen LogP contribution is 1.93. The van der Waals surface area contributed by atoms with Crippen LogP contribution >= 0.6 is 0 Å². The van der Waals surface area contributed by atoms with Gasteiger partial charge in [0.05, 0.1) is 6.61 Å². The van der Waals surface area contributed by atoms with Crippen LogP contribution in [0, 0.1) is 5.92 Å². The smallest absolute Gasteiger partial charge is 0.0593 e. The number of hydrogen-bond donors (Lipinski definition) is 1. The monoisotopic (exact) mass is 216 g/mol. The molecular formula is C12H28N2O. The maximum absolute atomic E-state index is 5.57. The lowest BCUT2D eigenvalue weighted by Gasteiger charge is -2.20. The van der Waals surface area contributed by atoms with Crippen LogP contribution in [0.3, 0.4) is 0 Å². The predicted octanol–water partition coefficient (Wildman–Crippen LogP) is 1.59. The molecule has 92 valence electrons. The van der Waals surface area contributed by atoms with Crippen LogP contribution in [0.1, 0.15) is 27.7 Å². The van der Waals surface area contributed by atoms with E-state index >= 15 is 0 Å². The van der Waals surface area contributed by atoms with Crippen molar-refractivity contribution in [1.82, 2.24) is 10.2 Å². The fourth-order valence-corrected chi connectivity index (χ4v) is 1.35. The zero-order valence-corrected chi connectivity index (χ0v) is 10.9. The van der Waals surface area contributed by atoms with Gasteiger partial charge in [0.25, 0.3) is 0 Å². The molecule has 0 bridgehead atoms. The molecule has 0 saturated heterocycles. The number of ether oxygens (including phenoxy) is 1. The lowest BCUT2D eigenvalue weighted by molar-refractivity contribution is 0.0869. The summed E-state index contributed by atoms with van der Waals surface area (Å²) in [5, 5.41) is 3.34. The number of likely N-dealkylation sites (N-methyl/N-ethyl adjacent to an activating group) is 2. The van der Waals surface area contributed by atoms with Gasteiger partial charge < -0.3 is 15.0 Å². The van der Waals surface area contributed by atoms with E-state index in [-0.39, 0.29) is 0 Å². The van der Waals surface area contributed by atoms with E-state index in [0.717, 1.165) is 45.9 Å². The van der Waals surface area contributed by atoms with Gasteiger partial charge in [0, 0.05) is 26.2 Å². The number of nitrogens with one attached hydrogen (secondary N) is 1. The highest BCUT2D eigenvalue weighted by atomic mass is 16.5. The molecule has 0 unspecified atom stereocenters. The van der Waals surface area contributed by atoms with Gasteiger partial charge in [0.15, 0.2) is 0 Å². The maximum Gasteiger partial charge on any atom is 0.0593 e. The Kier molecular flexibility index (Phi) is 10.3. The summed E-state index contributed by atoms with van der Waals surface area (Å²) in [4.78, 5) is 2.42. The summed E-state index contributed by atoms with van der Waals surface area (Å²) in [5.74, 6) is 0.641. The first-order valence-corrected chi connectivity index (χ1v) is 6.21. The quantitative estimate of drug-likeness (QED) is 0.561. The van der Waals surface area contributed by atoms with Gasteiger partial charge in [-0.3, -0.25) is 0 Å². The molecule has 0 rings (SSSR count). The Hall–Kier alpha value is -0.120. The van der Waals surface area contributed by atoms with Crippen molar-refractivity contribution >= 4 is 0 Å². The first kappa shape index (κ1) is 14.9. The van der Waals surface area contributed by atoms with E-state index < -0.39 is 0 Å². The van der Waals surface area contributed by atoms with Crippen molar-refractivity contribution in [3.05, 3.63) is 0 Å². The summed E-state index contributed by atoms with van der Waals surface area (Å²) in [6.45, 7) is 15.9. The Balaban J connectivity index is 3.35. The summed E-state index contributed by atoms with van der Waals surface area (Å²) < 4.78 is 5.57. The minimum atomic E-state index is 0.641. The average molecular weight is 216 g/mol. The molecule has 0 saturated carbocycles. The van der Waals surface area contributed by atoms with Crippen LogP contribution < -0.4 is 5.32 Å². The van der Waals surface area contributed by atoms with Crippen LogP contribution in [0.2, 0.25) is 0 Å². The number of nitrogens with zero attached hydrogens (tertiary/aromatic N) is 1. The van der Waals surface area contributed by atoms with Crippen LogP contribution in [0.25, 0.3) is 0 Å². The largest absolute Gasteiger partial charge is 0.380 e. The van der Waals surface area contributed by atoms with Crippen molar-refractivity contribution < 1.29 is 4.74 Å². The molecular weight excluding hydrogens is 188 g/mol. The summed E-state index contributed by atoms with van der Waals surface area (Å²) >= 11 is 0. The van der Waals surface area contributed by atoms with E-state index in [4.69, 9.17) is 4.74 Å². The van der Waals surface area contributed by atoms with E-state index in [1.54, 1.807) is 0 Å². The molecule has 0 aromatic carbocycles. The molecule has 3 heteroatoms. The predicted molar refractivity (Wildman–Crippen MR) is 66.3 cm³/mol. The average Bonchev–Trinajstić information content (AvgIpc) is 2.21. The topological polar surface area (TPSA) is 24.5 Å². The van der Waals surface area contributed by atoms with Gasteiger partial charge in [-0.05, 0) is 19.0 Å². The van der Waals surface area contributed by atoms with E-state index in [1.165, 1.54) is 0 Å². The Labute approximate surface area is 95.2 Å². The molecule has 0 amide bonds. The van der Waals surface area contributed by atoms with E-state index in [2.05, 4.69) is 37.9 Å². The Morgan fingerprint density at radius 3 is 2.47 bits per heavy atom. The Morgan fingerprint density at radius 1 is 1.20 bits per heavy atom. The van der Waals surface area contributed by atoms with Crippen LogP contribution in [0.5, 0.6) is 0 Å². The number of rotatable bonds is 10. The molecule has 0 aromatic heterocycles. The van der Waals surface area contributed by atoms with Crippen LogP contribution in [-0.4, -0.2) is 50.8 Å². The lowest BCUT2D eigenvalue weighted by atomic mass is 10.2. The van der Waals surface area contributed by atoms with Gasteiger partial charge >= 0.3 is 0 Å². The second kappa shape index (κ2) is 10.4. The second-order valence-electron chi connectivity index (χ2n) is 4.26. The zero-order valence-electron chi connectivity index (χ0n) is 10.9. The molecule has 0 aliphatic rings. The molecule has 0 aliphatic heterocycles. The molecule has 0 fully saturated rings. The molecule has 0 spiro atoms. The van der Waals surface area contributed by atoms with Crippen molar-refractivity contribution in [3.63, 3.8) is 0 Å².